The van der Waals surface area contributed by atoms with Crippen LogP contribution in [-0.4, -0.2) is 11.0 Å². The average molecular weight is 187 g/mol. The van der Waals surface area contributed by atoms with E-state index in [1.807, 2.05) is 5.81 Å². The van der Waals surface area contributed by atoms with Crippen molar-refractivity contribution in [2.24, 2.45) is 0 Å². The predicted molar refractivity (Wildman–Crippen MR) is 39.0 cm³/mol. The number of hydrogen-bond acceptors (Lipinski definition) is 5. The van der Waals surface area contributed by atoms with Gasteiger partial charge in [-0.3, -0.25) is 0 Å². The number of nitrogens with zero attached hydrogens (tertiary/aromatic N) is 1. The van der Waals surface area contributed by atoms with Crippen molar-refractivity contribution in [3.63, 3.8) is 0 Å². The predicted octanol–water partition coefficient (Wildman–Crippen LogP) is 1.51. The molecule has 4 nitrogen and oxygen atoms in total. The molecule has 0 unspecified atom stereocenters. The quantitative estimate of drug-likeness (QED) is 0.493. The van der Waals surface area contributed by atoms with E-state index in [0.29, 0.717) is 0 Å². The second-order valence-electron chi connectivity index (χ2n) is 1.45. The first-order valence-electron chi connectivity index (χ1n) is 2.51. The Hall–Kier alpha value is -0.890. The first-order chi connectivity index (χ1) is 5.34. The molecule has 0 amide bonds. The summed E-state index contributed by atoms with van der Waals surface area (Å²) in [6.45, 7) is 0. The number of hydrogen-bond donors (Lipinski definition) is 0. The van der Waals surface area contributed by atoms with Crippen LogP contribution in [0.2, 0.25) is 0 Å². The van der Waals surface area contributed by atoms with Gasteiger partial charge < -0.3 is 0 Å². The molecule has 1 rings (SSSR count). The monoisotopic (exact) mass is 187 g/mol. The molecule has 56 valence electrons. The van der Waals surface area contributed by atoms with Gasteiger partial charge in [-0.2, -0.15) is 0 Å². The number of rotatable bonds is 1. The molecule has 1 aromatic heterocycles. The molecular weight excluding hydrogens is 185 g/mol. The Morgan fingerprint density at radius 2 is 2.64 bits per heavy atom. The molecule has 0 fully saturated rings. The van der Waals surface area contributed by atoms with E-state index in [1.54, 1.807) is 0 Å². The van der Waals surface area contributed by atoms with E-state index in [2.05, 4.69) is 9.72 Å². The van der Waals surface area contributed by atoms with Crippen molar-refractivity contribution in [2.75, 3.05) is 0 Å². The van der Waals surface area contributed by atoms with Gasteiger partial charge in [0.1, 0.15) is 0 Å². The van der Waals surface area contributed by atoms with E-state index in [9.17, 15) is 9.36 Å². The molecule has 0 saturated heterocycles. The second-order valence-corrected chi connectivity index (χ2v) is 2.53. The molecule has 0 radical (unpaired) electrons. The summed E-state index contributed by atoms with van der Waals surface area (Å²) >= 11 is 1.28. The van der Waals surface area contributed by atoms with Crippen molar-refractivity contribution >= 4 is 25.2 Å². The maximum atomic E-state index is 10.8. The fourth-order valence-electron chi connectivity index (χ4n) is 0.426. The van der Waals surface area contributed by atoms with Gasteiger partial charge in [-0.15, -0.1) is 0 Å². The van der Waals surface area contributed by atoms with Crippen LogP contribution in [0.25, 0.3) is 0 Å². The van der Waals surface area contributed by atoms with Gasteiger partial charge in [0.05, 0.1) is 0 Å². The van der Waals surface area contributed by atoms with Crippen LogP contribution in [0, 0.1) is 5.81 Å². The van der Waals surface area contributed by atoms with E-state index in [4.69, 9.17) is 0 Å². The molecule has 0 aliphatic carbocycles. The fraction of sp³-hybridized carbons (Fsp3) is 0. The van der Waals surface area contributed by atoms with Gasteiger partial charge in [0.15, 0.2) is 0 Å². The zero-order valence-corrected chi connectivity index (χ0v) is 6.89. The Morgan fingerprint density at radius 3 is 3.18 bits per heavy atom. The molecule has 0 aliphatic heterocycles. The summed E-state index contributed by atoms with van der Waals surface area (Å²) < 4.78 is 14.0. The topological polar surface area (TPSA) is 56.3 Å². The van der Waals surface area contributed by atoms with E-state index < -0.39 is 13.9 Å². The summed E-state index contributed by atoms with van der Waals surface area (Å²) in [6.07, 6.45) is 0. The Bertz CT molecular complexity index is 341. The van der Waals surface area contributed by atoms with Gasteiger partial charge in [-0.25, -0.2) is 0 Å². The van der Waals surface area contributed by atoms with E-state index in [1.165, 1.54) is 22.2 Å². The van der Waals surface area contributed by atoms with Crippen LogP contribution in [-0.2, 0) is 9.30 Å². The Morgan fingerprint density at radius 1 is 1.82 bits per heavy atom. The molecule has 0 N–H and O–H groups in total. The molecule has 0 spiro atoms. The van der Waals surface area contributed by atoms with Crippen LogP contribution in [0.3, 0.4) is 0 Å². The van der Waals surface area contributed by atoms with Crippen LogP contribution in [0.4, 0.5) is 0 Å². The summed E-state index contributed by atoms with van der Waals surface area (Å²) in [6, 6.07) is 0. The van der Waals surface area contributed by atoms with Crippen molar-refractivity contribution in [3.05, 3.63) is 16.6 Å². The fourth-order valence-corrected chi connectivity index (χ4v) is 1.07. The first-order valence-corrected chi connectivity index (χ1v) is 4.27. The zero-order chi connectivity index (χ0) is 8.10. The molecular formula is C5H2NO3PS. The van der Waals surface area contributed by atoms with Crippen molar-refractivity contribution in [1.29, 1.82) is 0 Å². The third kappa shape index (κ3) is 2.31. The zero-order valence-electron chi connectivity index (χ0n) is 5.18. The summed E-state index contributed by atoms with van der Waals surface area (Å²) in [5, 5.41) is 1.53. The van der Waals surface area contributed by atoms with Gasteiger partial charge in [0, 0.05) is 0 Å². The summed E-state index contributed by atoms with van der Waals surface area (Å²) in [5.41, 5.74) is 1.71. The second kappa shape index (κ2) is 4.09. The Balaban J connectivity index is 2.68. The Labute approximate surface area is 67.3 Å². The van der Waals surface area contributed by atoms with Gasteiger partial charge in [-0.05, 0) is 0 Å². The third-order valence-electron chi connectivity index (χ3n) is 0.817. The molecule has 1 aromatic rings. The van der Waals surface area contributed by atoms with Gasteiger partial charge in [-0.1, -0.05) is 0 Å². The molecule has 0 saturated carbocycles. The first kappa shape index (κ1) is 8.21. The number of aromatic nitrogens is 1. The van der Waals surface area contributed by atoms with Crippen molar-refractivity contribution in [2.45, 2.75) is 0 Å². The van der Waals surface area contributed by atoms with Crippen LogP contribution in [0.5, 0.6) is 0 Å². The van der Waals surface area contributed by atoms with Crippen LogP contribution >= 0.6 is 19.3 Å². The number of esters is 1. The summed E-state index contributed by atoms with van der Waals surface area (Å²) in [4.78, 5) is 14.4. The molecule has 0 aromatic carbocycles. The summed E-state index contributed by atoms with van der Waals surface area (Å²) in [7, 11) is -0.451. The molecule has 1 heterocycles. The molecule has 0 atom stereocenters. The van der Waals surface area contributed by atoms with Crippen molar-refractivity contribution in [1.82, 2.24) is 4.98 Å². The van der Waals surface area contributed by atoms with Crippen molar-refractivity contribution < 1.29 is 14.1 Å². The molecule has 0 bridgehead atoms. The van der Waals surface area contributed by atoms with Crippen LogP contribution in [0.15, 0.2) is 10.9 Å². The van der Waals surface area contributed by atoms with Gasteiger partial charge in [0.2, 0.25) is 0 Å². The molecule has 11 heavy (non-hydrogen) atoms. The third-order valence-corrected chi connectivity index (χ3v) is 1.57. The maximum absolute atomic E-state index is 10.8. The van der Waals surface area contributed by atoms with E-state index >= 15 is 0 Å². The normalized spacial score (nSPS) is 8.36. The van der Waals surface area contributed by atoms with Crippen molar-refractivity contribution in [3.8, 4) is 5.81 Å². The molecule has 6 heteroatoms. The SMILES string of the molecule is O=P#COC(=O)c1cscn1. The average Bonchev–Trinajstić information content (AvgIpc) is 2.52. The standard InChI is InChI=1S/C5H2NO3PS/c7-5(9-3-10-8)4-1-11-2-6-4/h1-2H. The van der Waals surface area contributed by atoms with Gasteiger partial charge >= 0.3 is 66.7 Å². The minimum absolute atomic E-state index is 0.200. The minimum atomic E-state index is -0.644. The van der Waals surface area contributed by atoms with Crippen LogP contribution < -0.4 is 0 Å². The van der Waals surface area contributed by atoms with E-state index in [-0.39, 0.29) is 5.69 Å². The number of carbonyl (C=O) groups is 1. The number of ether oxygens (including phenoxy) is 1. The number of carbonyl (C=O) groups excluding carboxylic acids is 1. The van der Waals surface area contributed by atoms with Gasteiger partial charge in [0.25, 0.3) is 0 Å². The van der Waals surface area contributed by atoms with E-state index in [0.717, 1.165) is 0 Å². The summed E-state index contributed by atoms with van der Waals surface area (Å²) in [5.74, 6) is 1.22. The van der Waals surface area contributed by atoms with Crippen LogP contribution in [0.1, 0.15) is 10.5 Å². The Kier molecular flexibility index (Phi) is 3.05. The molecule has 0 aliphatic rings. The number of thiazole rings is 1.